The van der Waals surface area contributed by atoms with E-state index in [1.807, 2.05) is 49.9 Å². The van der Waals surface area contributed by atoms with Gasteiger partial charge in [0.25, 0.3) is 0 Å². The Balaban J connectivity index is 1.26. The number of nitrogens with zero attached hydrogens (tertiary/aromatic N) is 4. The topological polar surface area (TPSA) is 87.7 Å². The number of amides is 1. The number of benzene rings is 2. The second-order valence-corrected chi connectivity index (χ2v) is 12.5. The van der Waals surface area contributed by atoms with Gasteiger partial charge in [0.2, 0.25) is 11.9 Å². The molecule has 2 heterocycles. The molecular weight excluding hydrogens is 550 g/mol. The highest BCUT2D eigenvalue weighted by atomic mass is 35.5. The first kappa shape index (κ1) is 30.0. The number of ether oxygens (including phenoxy) is 1. The summed E-state index contributed by atoms with van der Waals surface area (Å²) in [5, 5.41) is 3.83. The Hall–Kier alpha value is -3.49. The molecule has 2 aliphatic rings. The van der Waals surface area contributed by atoms with Gasteiger partial charge in [-0.1, -0.05) is 35.9 Å². The van der Waals surface area contributed by atoms with Crippen molar-refractivity contribution >= 4 is 34.9 Å². The average molecular weight is 590 g/mol. The molecule has 0 spiro atoms. The van der Waals surface area contributed by atoms with Crippen LogP contribution in [0.2, 0.25) is 5.02 Å². The van der Waals surface area contributed by atoms with Gasteiger partial charge < -0.3 is 19.9 Å². The third-order valence-electron chi connectivity index (χ3n) is 8.60. The van der Waals surface area contributed by atoms with E-state index in [4.69, 9.17) is 21.3 Å². The van der Waals surface area contributed by atoms with Crippen molar-refractivity contribution in [1.29, 1.82) is 0 Å². The third kappa shape index (κ3) is 6.30. The van der Waals surface area contributed by atoms with Gasteiger partial charge in [0, 0.05) is 24.9 Å². The molecule has 1 fully saturated rings. The molecule has 1 saturated heterocycles. The van der Waals surface area contributed by atoms with E-state index in [-0.39, 0.29) is 11.7 Å². The van der Waals surface area contributed by atoms with Crippen LogP contribution in [-0.2, 0) is 34.3 Å². The van der Waals surface area contributed by atoms with Crippen molar-refractivity contribution in [2.24, 2.45) is 0 Å². The lowest BCUT2D eigenvalue weighted by molar-refractivity contribution is -0.132. The SMILES string of the molecule is COc1cc(C2CCN(C(=O)CN(C)C)CC2)ccc1Nc1ncc(Cl)c(CCc2cccc3c2C(C)(C)C(=O)C3)n1. The van der Waals surface area contributed by atoms with E-state index in [1.165, 1.54) is 5.56 Å². The molecule has 2 aromatic carbocycles. The molecule has 9 heteroatoms. The summed E-state index contributed by atoms with van der Waals surface area (Å²) in [4.78, 5) is 38.1. The van der Waals surface area contributed by atoms with Crippen LogP contribution in [0.25, 0.3) is 0 Å². The van der Waals surface area contributed by atoms with Gasteiger partial charge in [-0.3, -0.25) is 9.59 Å². The maximum absolute atomic E-state index is 12.6. The number of hydrogen-bond donors (Lipinski definition) is 1. The third-order valence-corrected chi connectivity index (χ3v) is 8.92. The van der Waals surface area contributed by atoms with E-state index in [0.717, 1.165) is 60.4 Å². The van der Waals surface area contributed by atoms with Crippen molar-refractivity contribution in [3.05, 3.63) is 75.6 Å². The second kappa shape index (κ2) is 12.4. The zero-order valence-corrected chi connectivity index (χ0v) is 25.9. The first-order valence-corrected chi connectivity index (χ1v) is 15.0. The van der Waals surface area contributed by atoms with Crippen molar-refractivity contribution in [2.75, 3.05) is 46.2 Å². The van der Waals surface area contributed by atoms with Crippen molar-refractivity contribution in [3.63, 3.8) is 0 Å². The molecule has 0 bridgehead atoms. The second-order valence-electron chi connectivity index (χ2n) is 12.1. The van der Waals surface area contributed by atoms with E-state index < -0.39 is 5.41 Å². The number of ketones is 1. The largest absolute Gasteiger partial charge is 0.495 e. The molecule has 1 aliphatic heterocycles. The van der Waals surface area contributed by atoms with Crippen molar-refractivity contribution in [1.82, 2.24) is 19.8 Å². The molecule has 222 valence electrons. The van der Waals surface area contributed by atoms with Gasteiger partial charge in [0.1, 0.15) is 11.5 Å². The number of carbonyl (C=O) groups is 2. The molecule has 8 nitrogen and oxygen atoms in total. The summed E-state index contributed by atoms with van der Waals surface area (Å²) in [5.74, 6) is 1.98. The maximum atomic E-state index is 12.6. The number of fused-ring (bicyclic) bond motifs is 1. The van der Waals surface area contributed by atoms with E-state index in [0.29, 0.717) is 42.0 Å². The number of methoxy groups -OCH3 is 1. The first-order valence-electron chi connectivity index (χ1n) is 14.6. The lowest BCUT2D eigenvalue weighted by Crippen LogP contribution is -2.42. The van der Waals surface area contributed by atoms with Crippen LogP contribution in [0.3, 0.4) is 0 Å². The van der Waals surface area contributed by atoms with Crippen LogP contribution in [0.15, 0.2) is 42.6 Å². The van der Waals surface area contributed by atoms with Crippen molar-refractivity contribution < 1.29 is 14.3 Å². The van der Waals surface area contributed by atoms with Gasteiger partial charge in [-0.15, -0.1) is 0 Å². The standard InChI is InChI=1S/C33H40ClN5O3/c1-33(2)29(40)18-24-8-6-7-22(31(24)33)9-11-26-25(34)19-35-32(36-26)37-27-12-10-23(17-28(27)42-5)21-13-15-39(16-14-21)30(41)20-38(3)4/h6-8,10,12,17,19,21H,9,11,13-16,18,20H2,1-5H3,(H,35,36,37). The summed E-state index contributed by atoms with van der Waals surface area (Å²) >= 11 is 6.52. The average Bonchev–Trinajstić information content (AvgIpc) is 3.21. The highest BCUT2D eigenvalue weighted by Crippen LogP contribution is 2.39. The molecule has 1 amide bonds. The number of likely N-dealkylation sites (N-methyl/N-ethyl adjacent to an activating group) is 1. The van der Waals surface area contributed by atoms with E-state index >= 15 is 0 Å². The molecule has 0 atom stereocenters. The van der Waals surface area contributed by atoms with Crippen molar-refractivity contribution in [3.8, 4) is 5.75 Å². The Labute approximate surface area is 253 Å². The molecule has 1 aromatic heterocycles. The Bertz CT molecular complexity index is 1480. The number of piperidine rings is 1. The number of aryl methyl sites for hydroxylation is 2. The van der Waals surface area contributed by atoms with Gasteiger partial charge >= 0.3 is 0 Å². The zero-order chi connectivity index (χ0) is 30.0. The minimum Gasteiger partial charge on any atom is -0.495 e. The Morgan fingerprint density at radius 1 is 1.17 bits per heavy atom. The van der Waals surface area contributed by atoms with Gasteiger partial charge in [-0.05, 0) is 93.9 Å². The van der Waals surface area contributed by atoms with Crippen LogP contribution in [0.4, 0.5) is 11.6 Å². The summed E-state index contributed by atoms with van der Waals surface area (Å²) in [7, 11) is 5.50. The molecule has 0 saturated carbocycles. The smallest absolute Gasteiger partial charge is 0.236 e. The fourth-order valence-corrected chi connectivity index (χ4v) is 6.44. The Morgan fingerprint density at radius 2 is 1.93 bits per heavy atom. The number of rotatable bonds is 9. The van der Waals surface area contributed by atoms with Crippen LogP contribution in [0.5, 0.6) is 5.75 Å². The molecule has 3 aromatic rings. The van der Waals surface area contributed by atoms with Gasteiger partial charge in [0.05, 0.1) is 36.3 Å². The van der Waals surface area contributed by atoms with Crippen LogP contribution in [0, 0.1) is 0 Å². The number of aromatic nitrogens is 2. The Morgan fingerprint density at radius 3 is 2.64 bits per heavy atom. The lowest BCUT2D eigenvalue weighted by Gasteiger charge is -2.33. The number of carbonyl (C=O) groups excluding carboxylic acids is 2. The summed E-state index contributed by atoms with van der Waals surface area (Å²) < 4.78 is 5.74. The number of Topliss-reactive ketones (excluding diaryl/α,β-unsaturated/α-hetero) is 1. The molecule has 0 radical (unpaired) electrons. The molecular formula is C33H40ClN5O3. The normalized spacial score (nSPS) is 16.5. The maximum Gasteiger partial charge on any atom is 0.236 e. The zero-order valence-electron chi connectivity index (χ0n) is 25.2. The summed E-state index contributed by atoms with van der Waals surface area (Å²) in [6.45, 7) is 6.00. The summed E-state index contributed by atoms with van der Waals surface area (Å²) in [6.07, 6.45) is 5.33. The quantitative estimate of drug-likeness (QED) is 0.360. The summed E-state index contributed by atoms with van der Waals surface area (Å²) in [5.41, 5.74) is 5.68. The van der Waals surface area contributed by atoms with Crippen LogP contribution >= 0.6 is 11.6 Å². The van der Waals surface area contributed by atoms with Gasteiger partial charge in [0.15, 0.2) is 0 Å². The minimum absolute atomic E-state index is 0.185. The monoisotopic (exact) mass is 589 g/mol. The molecule has 0 unspecified atom stereocenters. The van der Waals surface area contributed by atoms with E-state index in [2.05, 4.69) is 34.6 Å². The highest BCUT2D eigenvalue weighted by molar-refractivity contribution is 6.31. The van der Waals surface area contributed by atoms with E-state index in [9.17, 15) is 9.59 Å². The molecule has 1 aliphatic carbocycles. The predicted octanol–water partition coefficient (Wildman–Crippen LogP) is 5.34. The van der Waals surface area contributed by atoms with Gasteiger partial charge in [-0.2, -0.15) is 0 Å². The number of hydrogen-bond acceptors (Lipinski definition) is 7. The minimum atomic E-state index is -0.475. The van der Waals surface area contributed by atoms with Crippen LogP contribution in [0.1, 0.15) is 60.6 Å². The number of nitrogens with one attached hydrogen (secondary N) is 1. The Kier molecular flexibility index (Phi) is 8.85. The van der Waals surface area contributed by atoms with E-state index in [1.54, 1.807) is 13.3 Å². The molecule has 42 heavy (non-hydrogen) atoms. The highest BCUT2D eigenvalue weighted by Gasteiger charge is 2.39. The fourth-order valence-electron chi connectivity index (χ4n) is 6.25. The van der Waals surface area contributed by atoms with Gasteiger partial charge in [-0.25, -0.2) is 9.97 Å². The number of likely N-dealkylation sites (tertiary alicyclic amines) is 1. The number of anilines is 2. The molecule has 5 rings (SSSR count). The van der Waals surface area contributed by atoms with Crippen LogP contribution < -0.4 is 10.1 Å². The lowest BCUT2D eigenvalue weighted by atomic mass is 9.82. The fraction of sp³-hybridized carbons (Fsp3) is 0.455. The first-order chi connectivity index (χ1) is 20.1. The summed E-state index contributed by atoms with van der Waals surface area (Å²) in [6, 6.07) is 12.4. The molecule has 1 N–H and O–H groups in total. The van der Waals surface area contributed by atoms with Crippen LogP contribution in [-0.4, -0.2) is 72.3 Å². The predicted molar refractivity (Wildman–Crippen MR) is 166 cm³/mol. The number of halogens is 1. The van der Waals surface area contributed by atoms with Crippen molar-refractivity contribution in [2.45, 2.75) is 57.3 Å².